The average molecular weight is 362 g/mol. The van der Waals surface area contributed by atoms with E-state index >= 15 is 0 Å². The zero-order valence-electron chi connectivity index (χ0n) is 14.5. The third-order valence-electron chi connectivity index (χ3n) is 4.42. The molecule has 0 unspecified atom stereocenters. The number of rotatable bonds is 6. The lowest BCUT2D eigenvalue weighted by Gasteiger charge is -2.26. The van der Waals surface area contributed by atoms with Gasteiger partial charge in [-0.3, -0.25) is 4.79 Å². The van der Waals surface area contributed by atoms with E-state index in [2.05, 4.69) is 20.4 Å². The van der Waals surface area contributed by atoms with E-state index in [1.54, 1.807) is 19.1 Å². The molecule has 134 valence electrons. The molecule has 25 heavy (non-hydrogen) atoms. The molecule has 1 amide bonds. The van der Waals surface area contributed by atoms with Gasteiger partial charge < -0.3 is 10.2 Å². The van der Waals surface area contributed by atoms with Gasteiger partial charge in [-0.05, 0) is 64.0 Å². The smallest absolute Gasteiger partial charge is 0.273 e. The minimum absolute atomic E-state index is 0.176. The summed E-state index contributed by atoms with van der Waals surface area (Å²) in [5.41, 5.74) is 1.70. The highest BCUT2D eigenvalue weighted by molar-refractivity contribution is 6.30. The highest BCUT2D eigenvalue weighted by Gasteiger charge is 2.16. The number of likely N-dealkylation sites (tertiary alicyclic amines) is 1. The second-order valence-electron chi connectivity index (χ2n) is 6.42. The summed E-state index contributed by atoms with van der Waals surface area (Å²) in [7, 11) is 0. The minimum Gasteiger partial charge on any atom is -0.351 e. The van der Waals surface area contributed by atoms with Gasteiger partial charge in [0, 0.05) is 11.6 Å². The van der Waals surface area contributed by atoms with Crippen molar-refractivity contribution in [2.24, 2.45) is 0 Å². The number of aryl methyl sites for hydroxylation is 1. The number of amides is 1. The Morgan fingerprint density at radius 2 is 2.04 bits per heavy atom. The van der Waals surface area contributed by atoms with E-state index in [4.69, 9.17) is 11.6 Å². The maximum Gasteiger partial charge on any atom is 0.273 e. The fourth-order valence-electron chi connectivity index (χ4n) is 3.08. The lowest BCUT2D eigenvalue weighted by atomic mass is 10.1. The second-order valence-corrected chi connectivity index (χ2v) is 6.85. The zero-order valence-corrected chi connectivity index (χ0v) is 15.3. The Balaban J connectivity index is 1.53. The van der Waals surface area contributed by atoms with E-state index in [-0.39, 0.29) is 5.91 Å². The summed E-state index contributed by atoms with van der Waals surface area (Å²) in [6, 6.07) is 7.24. The standard InChI is InChI=1S/C18H24ClN5O/c1-14-17(22-24(21-14)16-8-5-7-15(19)13-16)18(25)20-9-6-12-23-10-3-2-4-11-23/h5,7-8,13H,2-4,6,9-12H2,1H3,(H,20,25). The summed E-state index contributed by atoms with van der Waals surface area (Å²) in [5, 5.41) is 12.2. The van der Waals surface area contributed by atoms with Crippen molar-refractivity contribution < 1.29 is 4.79 Å². The van der Waals surface area contributed by atoms with Crippen LogP contribution < -0.4 is 5.32 Å². The maximum absolute atomic E-state index is 12.4. The number of hydrogen-bond donors (Lipinski definition) is 1. The first-order valence-corrected chi connectivity index (χ1v) is 9.22. The van der Waals surface area contributed by atoms with Crippen molar-refractivity contribution in [2.75, 3.05) is 26.2 Å². The van der Waals surface area contributed by atoms with E-state index in [0.717, 1.165) is 18.7 Å². The van der Waals surface area contributed by atoms with Crippen LogP contribution in [-0.4, -0.2) is 52.0 Å². The van der Waals surface area contributed by atoms with Gasteiger partial charge in [-0.2, -0.15) is 9.90 Å². The summed E-state index contributed by atoms with van der Waals surface area (Å²) in [4.78, 5) is 16.3. The molecule has 3 rings (SSSR count). The largest absolute Gasteiger partial charge is 0.351 e. The quantitative estimate of drug-likeness (QED) is 0.803. The van der Waals surface area contributed by atoms with Gasteiger partial charge in [0.1, 0.15) is 0 Å². The van der Waals surface area contributed by atoms with Crippen LogP contribution in [0.5, 0.6) is 0 Å². The van der Waals surface area contributed by atoms with Crippen molar-refractivity contribution in [1.82, 2.24) is 25.2 Å². The first kappa shape index (κ1) is 17.9. The normalized spacial score (nSPS) is 15.3. The fourth-order valence-corrected chi connectivity index (χ4v) is 3.26. The molecule has 1 aromatic carbocycles. The molecule has 1 aromatic heterocycles. The summed E-state index contributed by atoms with van der Waals surface area (Å²) in [6.45, 7) is 5.84. The SMILES string of the molecule is Cc1nn(-c2cccc(Cl)c2)nc1C(=O)NCCCN1CCCCC1. The van der Waals surface area contributed by atoms with Crippen LogP contribution in [0.3, 0.4) is 0 Å². The molecular weight excluding hydrogens is 338 g/mol. The summed E-state index contributed by atoms with van der Waals surface area (Å²) < 4.78 is 0. The number of nitrogens with one attached hydrogen (secondary N) is 1. The lowest BCUT2D eigenvalue weighted by Crippen LogP contribution is -2.33. The van der Waals surface area contributed by atoms with Crippen molar-refractivity contribution in [1.29, 1.82) is 0 Å². The van der Waals surface area contributed by atoms with Crippen molar-refractivity contribution in [3.05, 3.63) is 40.7 Å². The maximum atomic E-state index is 12.4. The highest BCUT2D eigenvalue weighted by atomic mass is 35.5. The molecular formula is C18H24ClN5O. The number of halogens is 1. The van der Waals surface area contributed by atoms with Gasteiger partial charge in [-0.15, -0.1) is 5.10 Å². The zero-order chi connectivity index (χ0) is 17.6. The molecule has 0 aliphatic carbocycles. The van der Waals surface area contributed by atoms with E-state index < -0.39 is 0 Å². The molecule has 1 N–H and O–H groups in total. The molecule has 7 heteroatoms. The molecule has 1 fully saturated rings. The molecule has 0 bridgehead atoms. The van der Waals surface area contributed by atoms with Crippen LogP contribution in [0.15, 0.2) is 24.3 Å². The van der Waals surface area contributed by atoms with Crippen LogP contribution in [0, 0.1) is 6.92 Å². The van der Waals surface area contributed by atoms with Crippen LogP contribution in [0.4, 0.5) is 0 Å². The minimum atomic E-state index is -0.176. The molecule has 0 radical (unpaired) electrons. The van der Waals surface area contributed by atoms with Gasteiger partial charge >= 0.3 is 0 Å². The van der Waals surface area contributed by atoms with Crippen LogP contribution >= 0.6 is 11.6 Å². The van der Waals surface area contributed by atoms with Crippen LogP contribution in [0.2, 0.25) is 5.02 Å². The average Bonchev–Trinajstić information content (AvgIpc) is 3.01. The molecule has 2 aromatic rings. The van der Waals surface area contributed by atoms with Crippen molar-refractivity contribution in [2.45, 2.75) is 32.6 Å². The summed E-state index contributed by atoms with van der Waals surface area (Å²) in [5.74, 6) is -0.176. The fraction of sp³-hybridized carbons (Fsp3) is 0.500. The molecule has 0 spiro atoms. The van der Waals surface area contributed by atoms with E-state index in [1.807, 2.05) is 12.1 Å². The second kappa shape index (κ2) is 8.45. The number of carbonyl (C=O) groups excluding carboxylic acids is 1. The van der Waals surface area contributed by atoms with Crippen molar-refractivity contribution in [3.8, 4) is 5.69 Å². The Hall–Kier alpha value is -1.92. The van der Waals surface area contributed by atoms with Crippen molar-refractivity contribution in [3.63, 3.8) is 0 Å². The van der Waals surface area contributed by atoms with E-state index in [0.29, 0.717) is 23.0 Å². The van der Waals surface area contributed by atoms with Gasteiger partial charge in [0.25, 0.3) is 5.91 Å². The first-order valence-electron chi connectivity index (χ1n) is 8.84. The predicted molar refractivity (Wildman–Crippen MR) is 98.3 cm³/mol. The third kappa shape index (κ3) is 4.80. The molecule has 0 atom stereocenters. The van der Waals surface area contributed by atoms with Gasteiger partial charge in [0.15, 0.2) is 5.69 Å². The molecule has 0 saturated carbocycles. The number of benzene rings is 1. The monoisotopic (exact) mass is 361 g/mol. The van der Waals surface area contributed by atoms with Crippen LogP contribution in [-0.2, 0) is 0 Å². The van der Waals surface area contributed by atoms with E-state index in [1.165, 1.54) is 37.1 Å². The Labute approximate surface area is 153 Å². The Morgan fingerprint density at radius 1 is 1.24 bits per heavy atom. The van der Waals surface area contributed by atoms with Gasteiger partial charge in [0.05, 0.1) is 11.4 Å². The Morgan fingerprint density at radius 3 is 2.80 bits per heavy atom. The molecule has 2 heterocycles. The number of carbonyl (C=O) groups is 1. The number of aromatic nitrogens is 3. The number of piperidine rings is 1. The van der Waals surface area contributed by atoms with Crippen LogP contribution in [0.25, 0.3) is 5.69 Å². The molecule has 1 aliphatic rings. The van der Waals surface area contributed by atoms with Gasteiger partial charge in [0.2, 0.25) is 0 Å². The van der Waals surface area contributed by atoms with Crippen molar-refractivity contribution >= 4 is 17.5 Å². The predicted octanol–water partition coefficient (Wildman–Crippen LogP) is 2.83. The highest BCUT2D eigenvalue weighted by Crippen LogP contribution is 2.14. The summed E-state index contributed by atoms with van der Waals surface area (Å²) >= 11 is 6.00. The van der Waals surface area contributed by atoms with Gasteiger partial charge in [-0.1, -0.05) is 24.1 Å². The Kier molecular flexibility index (Phi) is 6.04. The molecule has 6 nitrogen and oxygen atoms in total. The molecule has 1 aliphatic heterocycles. The number of nitrogens with zero attached hydrogens (tertiary/aromatic N) is 4. The summed E-state index contributed by atoms with van der Waals surface area (Å²) in [6.07, 6.45) is 4.87. The number of hydrogen-bond acceptors (Lipinski definition) is 4. The van der Waals surface area contributed by atoms with E-state index in [9.17, 15) is 4.79 Å². The topological polar surface area (TPSA) is 63.1 Å². The van der Waals surface area contributed by atoms with Crippen LogP contribution in [0.1, 0.15) is 41.9 Å². The first-order chi connectivity index (χ1) is 12.1. The van der Waals surface area contributed by atoms with Gasteiger partial charge in [-0.25, -0.2) is 0 Å². The Bertz CT molecular complexity index is 724. The third-order valence-corrected chi connectivity index (χ3v) is 4.66. The molecule has 1 saturated heterocycles. The lowest BCUT2D eigenvalue weighted by molar-refractivity contribution is 0.0945.